The number of amides is 1. The van der Waals surface area contributed by atoms with Crippen molar-refractivity contribution < 1.29 is 23.8 Å². The van der Waals surface area contributed by atoms with E-state index >= 15 is 0 Å². The third-order valence-corrected chi connectivity index (χ3v) is 5.76. The maximum atomic E-state index is 13.0. The molecule has 0 saturated carbocycles. The summed E-state index contributed by atoms with van der Waals surface area (Å²) in [5.41, 5.74) is 3.94. The van der Waals surface area contributed by atoms with Gasteiger partial charge in [-0.2, -0.15) is 5.10 Å². The van der Waals surface area contributed by atoms with Crippen molar-refractivity contribution in [3.8, 4) is 17.2 Å². The Morgan fingerprint density at radius 3 is 2.50 bits per heavy atom. The van der Waals surface area contributed by atoms with Crippen molar-refractivity contribution in [1.82, 2.24) is 5.43 Å². The predicted molar refractivity (Wildman–Crippen MR) is 142 cm³/mol. The minimum absolute atomic E-state index is 0.287. The number of ether oxygens (including phenoxy) is 3. The molecule has 0 fully saturated rings. The van der Waals surface area contributed by atoms with Gasteiger partial charge in [0, 0.05) is 4.47 Å². The zero-order valence-corrected chi connectivity index (χ0v) is 21.2. The van der Waals surface area contributed by atoms with Gasteiger partial charge in [0.15, 0.2) is 11.5 Å². The van der Waals surface area contributed by atoms with Gasteiger partial charge in [-0.05, 0) is 65.7 Å². The number of hydrogen-bond donors (Lipinski definition) is 1. The molecule has 0 atom stereocenters. The zero-order chi connectivity index (χ0) is 25.5. The predicted octanol–water partition coefficient (Wildman–Crippen LogP) is 5.99. The number of hydrogen-bond acceptors (Lipinski definition) is 6. The molecule has 36 heavy (non-hydrogen) atoms. The van der Waals surface area contributed by atoms with Crippen LogP contribution in [0.25, 0.3) is 10.8 Å². The molecule has 182 valence electrons. The minimum atomic E-state index is -0.482. The van der Waals surface area contributed by atoms with Crippen LogP contribution in [-0.4, -0.2) is 31.8 Å². The Kier molecular flexibility index (Phi) is 7.97. The highest BCUT2D eigenvalue weighted by atomic mass is 79.9. The van der Waals surface area contributed by atoms with Gasteiger partial charge in [0.25, 0.3) is 5.91 Å². The van der Waals surface area contributed by atoms with Gasteiger partial charge in [0.2, 0.25) is 0 Å². The van der Waals surface area contributed by atoms with E-state index in [2.05, 4.69) is 26.5 Å². The lowest BCUT2D eigenvalue weighted by Crippen LogP contribution is -2.18. The van der Waals surface area contributed by atoms with Crippen LogP contribution < -0.4 is 19.6 Å². The summed E-state index contributed by atoms with van der Waals surface area (Å²) in [7, 11) is 1.49. The summed E-state index contributed by atoms with van der Waals surface area (Å²) in [5.74, 6) is 0.200. The molecule has 0 heterocycles. The Morgan fingerprint density at radius 1 is 0.917 bits per heavy atom. The van der Waals surface area contributed by atoms with Crippen LogP contribution in [0.15, 0.2) is 88.4 Å². The van der Waals surface area contributed by atoms with Crippen LogP contribution in [0.4, 0.5) is 0 Å². The van der Waals surface area contributed by atoms with E-state index in [1.165, 1.54) is 13.3 Å². The molecule has 0 bridgehead atoms. The summed E-state index contributed by atoms with van der Waals surface area (Å²) in [5, 5.41) is 5.80. The maximum Gasteiger partial charge on any atom is 0.344 e. The molecule has 0 aliphatic rings. The third kappa shape index (κ3) is 5.72. The molecule has 0 radical (unpaired) electrons. The number of fused-ring (bicyclic) bond motifs is 1. The Morgan fingerprint density at radius 2 is 1.69 bits per heavy atom. The van der Waals surface area contributed by atoms with Crippen LogP contribution in [0, 0.1) is 0 Å². The number of methoxy groups -OCH3 is 1. The van der Waals surface area contributed by atoms with Gasteiger partial charge in [-0.15, -0.1) is 0 Å². The molecule has 0 unspecified atom stereocenters. The van der Waals surface area contributed by atoms with Crippen LogP contribution in [-0.2, 0) is 0 Å². The average molecular weight is 547 g/mol. The van der Waals surface area contributed by atoms with Crippen LogP contribution in [0.1, 0.15) is 33.2 Å². The minimum Gasteiger partial charge on any atom is -0.496 e. The molecule has 1 N–H and O–H groups in total. The second-order valence-corrected chi connectivity index (χ2v) is 8.51. The molecule has 0 spiro atoms. The lowest BCUT2D eigenvalue weighted by atomic mass is 10.0. The van der Waals surface area contributed by atoms with Gasteiger partial charge >= 0.3 is 5.97 Å². The fraction of sp³-hybridized carbons (Fsp3) is 0.107. The summed E-state index contributed by atoms with van der Waals surface area (Å²) < 4.78 is 17.4. The zero-order valence-electron chi connectivity index (χ0n) is 19.7. The van der Waals surface area contributed by atoms with E-state index in [1.807, 2.05) is 43.3 Å². The molecule has 0 saturated heterocycles. The van der Waals surface area contributed by atoms with Gasteiger partial charge in [0.1, 0.15) is 5.75 Å². The molecule has 0 aliphatic heterocycles. The SMILES string of the molecule is CCOc1cc(/C=N\NC(=O)c2cc(Br)ccc2OC)ccc1OC(=O)c1cccc2ccccc12. The third-order valence-electron chi connectivity index (χ3n) is 5.27. The number of hydrazone groups is 1. The molecular weight excluding hydrogens is 524 g/mol. The van der Waals surface area contributed by atoms with Crippen molar-refractivity contribution in [2.24, 2.45) is 5.10 Å². The monoisotopic (exact) mass is 546 g/mol. The molecule has 1 amide bonds. The van der Waals surface area contributed by atoms with Crippen molar-refractivity contribution in [2.75, 3.05) is 13.7 Å². The summed E-state index contributed by atoms with van der Waals surface area (Å²) in [6, 6.07) is 23.3. The lowest BCUT2D eigenvalue weighted by molar-refractivity contribution is 0.0730. The second-order valence-electron chi connectivity index (χ2n) is 7.60. The van der Waals surface area contributed by atoms with Crippen LogP contribution in [0.5, 0.6) is 17.2 Å². The first-order valence-corrected chi connectivity index (χ1v) is 11.9. The number of esters is 1. The summed E-state index contributed by atoms with van der Waals surface area (Å²) in [4.78, 5) is 25.5. The van der Waals surface area contributed by atoms with Crippen LogP contribution in [0.2, 0.25) is 0 Å². The Labute approximate surface area is 216 Å². The molecule has 7 nitrogen and oxygen atoms in total. The Hall–Kier alpha value is -4.17. The highest BCUT2D eigenvalue weighted by Crippen LogP contribution is 2.30. The van der Waals surface area contributed by atoms with E-state index in [9.17, 15) is 9.59 Å². The normalized spacial score (nSPS) is 10.9. The number of nitrogens with zero attached hydrogens (tertiary/aromatic N) is 1. The highest BCUT2D eigenvalue weighted by Gasteiger charge is 2.16. The number of carbonyl (C=O) groups excluding carboxylic acids is 2. The van der Waals surface area contributed by atoms with Gasteiger partial charge < -0.3 is 14.2 Å². The van der Waals surface area contributed by atoms with Crippen LogP contribution >= 0.6 is 15.9 Å². The molecule has 0 aromatic heterocycles. The number of halogens is 1. The smallest absolute Gasteiger partial charge is 0.344 e. The van der Waals surface area contributed by atoms with E-state index in [4.69, 9.17) is 14.2 Å². The van der Waals surface area contributed by atoms with Crippen molar-refractivity contribution in [3.05, 3.63) is 100 Å². The van der Waals surface area contributed by atoms with Crippen molar-refractivity contribution >= 4 is 44.8 Å². The second kappa shape index (κ2) is 11.5. The Balaban J connectivity index is 1.51. The van der Waals surface area contributed by atoms with Crippen molar-refractivity contribution in [3.63, 3.8) is 0 Å². The van der Waals surface area contributed by atoms with Crippen molar-refractivity contribution in [1.29, 1.82) is 0 Å². The number of rotatable bonds is 8. The first kappa shape index (κ1) is 24.9. The Bertz CT molecular complexity index is 1450. The molecule has 4 aromatic rings. The van der Waals surface area contributed by atoms with Gasteiger partial charge in [-0.3, -0.25) is 4.79 Å². The standard InChI is InChI=1S/C28H23BrN2O5/c1-3-35-26-15-18(17-30-31-27(32)23-16-20(29)12-14-24(23)34-2)11-13-25(26)36-28(33)22-10-6-8-19-7-4-5-9-21(19)22/h4-17H,3H2,1-2H3,(H,31,32)/b30-17-. The quantitative estimate of drug-likeness (QED) is 0.127. The maximum absolute atomic E-state index is 13.0. The highest BCUT2D eigenvalue weighted by molar-refractivity contribution is 9.10. The molecule has 0 aliphatic carbocycles. The van der Waals surface area contributed by atoms with Crippen LogP contribution in [0.3, 0.4) is 0 Å². The number of benzene rings is 4. The number of nitrogens with one attached hydrogen (secondary N) is 1. The molecule has 8 heteroatoms. The van der Waals surface area contributed by atoms with E-state index in [-0.39, 0.29) is 5.75 Å². The van der Waals surface area contributed by atoms with Gasteiger partial charge in [0.05, 0.1) is 31.1 Å². The van der Waals surface area contributed by atoms with Crippen molar-refractivity contribution in [2.45, 2.75) is 6.92 Å². The molecule has 4 aromatic carbocycles. The molecule has 4 rings (SSSR count). The summed E-state index contributed by atoms with van der Waals surface area (Å²) in [6.45, 7) is 2.21. The average Bonchev–Trinajstić information content (AvgIpc) is 2.89. The van der Waals surface area contributed by atoms with Gasteiger partial charge in [-0.1, -0.05) is 52.3 Å². The van der Waals surface area contributed by atoms with E-state index in [0.29, 0.717) is 34.8 Å². The number of carbonyl (C=O) groups is 2. The largest absolute Gasteiger partial charge is 0.496 e. The first-order chi connectivity index (χ1) is 17.5. The summed E-state index contributed by atoms with van der Waals surface area (Å²) in [6.07, 6.45) is 1.47. The fourth-order valence-electron chi connectivity index (χ4n) is 3.60. The van der Waals surface area contributed by atoms with E-state index in [0.717, 1.165) is 15.2 Å². The lowest BCUT2D eigenvalue weighted by Gasteiger charge is -2.12. The van der Waals surface area contributed by atoms with Gasteiger partial charge in [-0.25, -0.2) is 10.2 Å². The van der Waals surface area contributed by atoms with E-state index < -0.39 is 11.9 Å². The van der Waals surface area contributed by atoms with E-state index in [1.54, 1.807) is 42.5 Å². The fourth-order valence-corrected chi connectivity index (χ4v) is 3.96. The first-order valence-electron chi connectivity index (χ1n) is 11.1. The topological polar surface area (TPSA) is 86.2 Å². The summed E-state index contributed by atoms with van der Waals surface area (Å²) >= 11 is 3.35. The molecular formula is C28H23BrN2O5.